The number of ether oxygens (including phenoxy) is 2. The third-order valence-corrected chi connectivity index (χ3v) is 5.97. The number of benzene rings is 2. The molecule has 7 heteroatoms. The lowest BCUT2D eigenvalue weighted by atomic mass is 10.0. The highest BCUT2D eigenvalue weighted by Crippen LogP contribution is 2.33. The van der Waals surface area contributed by atoms with Crippen molar-refractivity contribution in [1.29, 1.82) is 0 Å². The molecule has 32 heavy (non-hydrogen) atoms. The normalized spacial score (nSPS) is 16.1. The van der Waals surface area contributed by atoms with Crippen LogP contribution >= 0.6 is 0 Å². The molecule has 1 aliphatic rings. The zero-order chi connectivity index (χ0) is 21.9. The van der Waals surface area contributed by atoms with Gasteiger partial charge in [0.2, 0.25) is 0 Å². The molecule has 5 rings (SSSR count). The quantitative estimate of drug-likeness (QED) is 0.405. The summed E-state index contributed by atoms with van der Waals surface area (Å²) in [5.74, 6) is 0.768. The number of carbonyl (C=O) groups is 1. The maximum atomic E-state index is 12.4. The molecule has 164 valence electrons. The van der Waals surface area contributed by atoms with E-state index in [2.05, 4.69) is 33.5 Å². The summed E-state index contributed by atoms with van der Waals surface area (Å²) in [7, 11) is 1.65. The number of carbonyl (C=O) groups excluding carboxylic acids is 1. The summed E-state index contributed by atoms with van der Waals surface area (Å²) in [5.41, 5.74) is 4.21. The smallest absolute Gasteiger partial charge is 0.410 e. The van der Waals surface area contributed by atoms with Gasteiger partial charge in [-0.25, -0.2) is 4.79 Å². The molecule has 2 aromatic carbocycles. The average molecular weight is 431 g/mol. The van der Waals surface area contributed by atoms with Crippen molar-refractivity contribution in [2.75, 3.05) is 26.8 Å². The van der Waals surface area contributed by atoms with Crippen LogP contribution in [0, 0.1) is 0 Å². The highest BCUT2D eigenvalue weighted by atomic mass is 16.6. The van der Waals surface area contributed by atoms with E-state index < -0.39 is 0 Å². The van der Waals surface area contributed by atoms with Crippen molar-refractivity contribution >= 4 is 27.9 Å². The van der Waals surface area contributed by atoms with Gasteiger partial charge in [0.05, 0.1) is 18.7 Å². The Bertz CT molecular complexity index is 1220. The maximum absolute atomic E-state index is 12.4. The highest BCUT2D eigenvalue weighted by molar-refractivity contribution is 5.85. The molecule has 1 aliphatic heterocycles. The fourth-order valence-corrected chi connectivity index (χ4v) is 4.35. The minimum Gasteiger partial charge on any atom is -0.497 e. The van der Waals surface area contributed by atoms with Gasteiger partial charge in [-0.1, -0.05) is 18.2 Å². The fraction of sp³-hybridized carbons (Fsp3) is 0.280. The third-order valence-electron chi connectivity index (χ3n) is 5.97. The molecule has 2 aromatic heterocycles. The summed E-state index contributed by atoms with van der Waals surface area (Å²) >= 11 is 0. The molecule has 7 nitrogen and oxygen atoms in total. The van der Waals surface area contributed by atoms with Crippen LogP contribution in [0.2, 0.25) is 0 Å². The first-order valence-electron chi connectivity index (χ1n) is 10.9. The predicted molar refractivity (Wildman–Crippen MR) is 124 cm³/mol. The van der Waals surface area contributed by atoms with Crippen LogP contribution in [0.1, 0.15) is 23.7 Å². The number of rotatable bonds is 8. The third kappa shape index (κ3) is 3.99. The average Bonchev–Trinajstić information content (AvgIpc) is 3.41. The molecule has 1 saturated heterocycles. The second kappa shape index (κ2) is 8.88. The first kappa shape index (κ1) is 20.3. The van der Waals surface area contributed by atoms with Gasteiger partial charge in [-0.2, -0.15) is 0 Å². The zero-order valence-corrected chi connectivity index (χ0v) is 18.0. The Morgan fingerprint density at radius 2 is 2.12 bits per heavy atom. The van der Waals surface area contributed by atoms with Crippen LogP contribution in [0.15, 0.2) is 60.8 Å². The van der Waals surface area contributed by atoms with Gasteiger partial charge in [-0.15, -0.1) is 0 Å². The minimum atomic E-state index is -0.265. The molecule has 0 bridgehead atoms. The number of aromatic amines is 1. The van der Waals surface area contributed by atoms with Crippen molar-refractivity contribution in [3.63, 3.8) is 0 Å². The Morgan fingerprint density at radius 1 is 1.22 bits per heavy atom. The number of H-pyrrole nitrogens is 1. The number of cyclic esters (lactones) is 1. The van der Waals surface area contributed by atoms with Gasteiger partial charge >= 0.3 is 6.09 Å². The Hall–Kier alpha value is -3.58. The number of pyridine rings is 1. The zero-order valence-electron chi connectivity index (χ0n) is 18.0. The molecule has 1 unspecified atom stereocenters. The van der Waals surface area contributed by atoms with E-state index in [-0.39, 0.29) is 12.1 Å². The SMILES string of the molecule is COc1ccc2nccc(C3COC(=O)N3CCCNCc3cc4ccccc4[nH]3)c2c1. The van der Waals surface area contributed by atoms with E-state index in [4.69, 9.17) is 9.47 Å². The number of hydrogen-bond donors (Lipinski definition) is 2. The molecule has 1 fully saturated rings. The first-order chi connectivity index (χ1) is 15.7. The van der Waals surface area contributed by atoms with E-state index in [1.165, 1.54) is 5.39 Å². The molecule has 0 aliphatic carbocycles. The van der Waals surface area contributed by atoms with Gasteiger partial charge in [-0.3, -0.25) is 9.88 Å². The summed E-state index contributed by atoms with van der Waals surface area (Å²) in [6, 6.07) is 18.1. The van der Waals surface area contributed by atoms with E-state index in [1.54, 1.807) is 13.3 Å². The maximum Gasteiger partial charge on any atom is 0.410 e. The van der Waals surface area contributed by atoms with Crippen molar-refractivity contribution in [3.05, 3.63) is 72.1 Å². The van der Waals surface area contributed by atoms with Crippen LogP contribution in [-0.2, 0) is 11.3 Å². The van der Waals surface area contributed by atoms with Crippen molar-refractivity contribution in [2.24, 2.45) is 0 Å². The highest BCUT2D eigenvalue weighted by Gasteiger charge is 2.34. The number of nitrogens with one attached hydrogen (secondary N) is 2. The molecular weight excluding hydrogens is 404 g/mol. The molecular formula is C25H26N4O3. The van der Waals surface area contributed by atoms with Crippen molar-refractivity contribution in [3.8, 4) is 5.75 Å². The number of aromatic nitrogens is 2. The number of nitrogens with zero attached hydrogens (tertiary/aromatic N) is 2. The molecule has 4 aromatic rings. The van der Waals surface area contributed by atoms with E-state index >= 15 is 0 Å². The van der Waals surface area contributed by atoms with E-state index in [0.717, 1.165) is 52.9 Å². The Kier molecular flexibility index (Phi) is 5.64. The summed E-state index contributed by atoms with van der Waals surface area (Å²) in [6.45, 7) is 2.53. The van der Waals surface area contributed by atoms with Gasteiger partial charge in [0.15, 0.2) is 0 Å². The number of fused-ring (bicyclic) bond motifs is 2. The summed E-state index contributed by atoms with van der Waals surface area (Å²) < 4.78 is 10.8. The number of hydrogen-bond acceptors (Lipinski definition) is 5. The monoisotopic (exact) mass is 430 g/mol. The molecule has 3 heterocycles. The Labute approximate surface area is 186 Å². The van der Waals surface area contributed by atoms with Crippen LogP contribution in [0.4, 0.5) is 4.79 Å². The van der Waals surface area contributed by atoms with Crippen molar-refractivity contribution in [2.45, 2.75) is 19.0 Å². The van der Waals surface area contributed by atoms with Crippen molar-refractivity contribution in [1.82, 2.24) is 20.2 Å². The standard InChI is InChI=1S/C25H26N4O3/c1-31-19-7-8-23-21(14-19)20(9-11-27-23)24-16-32-25(30)29(24)12-4-10-26-15-18-13-17-5-2-3-6-22(17)28-18/h2-3,5-9,11,13-14,24,26,28H,4,10,12,15-16H2,1H3. The van der Waals surface area contributed by atoms with Crippen LogP contribution in [-0.4, -0.2) is 47.8 Å². The molecule has 0 radical (unpaired) electrons. The molecule has 2 N–H and O–H groups in total. The van der Waals surface area contributed by atoms with Crippen LogP contribution < -0.4 is 10.1 Å². The summed E-state index contributed by atoms with van der Waals surface area (Å²) in [4.78, 5) is 22.1. The fourth-order valence-electron chi connectivity index (χ4n) is 4.35. The van der Waals surface area contributed by atoms with Gasteiger partial charge in [0.1, 0.15) is 12.4 Å². The molecule has 1 amide bonds. The van der Waals surface area contributed by atoms with E-state index in [9.17, 15) is 4.79 Å². The van der Waals surface area contributed by atoms with E-state index in [0.29, 0.717) is 13.2 Å². The molecule has 0 saturated carbocycles. The van der Waals surface area contributed by atoms with Gasteiger partial charge in [-0.05, 0) is 60.3 Å². The topological polar surface area (TPSA) is 79.5 Å². The van der Waals surface area contributed by atoms with Gasteiger partial charge in [0, 0.05) is 35.9 Å². The molecule has 1 atom stereocenters. The Morgan fingerprint density at radius 3 is 3.00 bits per heavy atom. The second-order valence-electron chi connectivity index (χ2n) is 7.98. The van der Waals surface area contributed by atoms with Gasteiger partial charge in [0.25, 0.3) is 0 Å². The molecule has 0 spiro atoms. The van der Waals surface area contributed by atoms with Crippen LogP contribution in [0.25, 0.3) is 21.8 Å². The largest absolute Gasteiger partial charge is 0.497 e. The minimum absolute atomic E-state index is 0.131. The lowest BCUT2D eigenvalue weighted by Gasteiger charge is -2.23. The summed E-state index contributed by atoms with van der Waals surface area (Å²) in [6.07, 6.45) is 2.35. The van der Waals surface area contributed by atoms with Crippen LogP contribution in [0.5, 0.6) is 5.75 Å². The van der Waals surface area contributed by atoms with Crippen LogP contribution in [0.3, 0.4) is 0 Å². The number of methoxy groups -OCH3 is 1. The van der Waals surface area contributed by atoms with Crippen molar-refractivity contribution < 1.29 is 14.3 Å². The van der Waals surface area contributed by atoms with E-state index in [1.807, 2.05) is 41.3 Å². The lowest BCUT2D eigenvalue weighted by Crippen LogP contribution is -2.30. The predicted octanol–water partition coefficient (Wildman–Crippen LogP) is 4.40. The second-order valence-corrected chi connectivity index (χ2v) is 7.98. The number of amides is 1. The summed E-state index contributed by atoms with van der Waals surface area (Å²) in [5, 5.41) is 5.66. The lowest BCUT2D eigenvalue weighted by molar-refractivity contribution is 0.157. The van der Waals surface area contributed by atoms with Gasteiger partial charge < -0.3 is 19.8 Å². The first-order valence-corrected chi connectivity index (χ1v) is 10.9. The Balaban J connectivity index is 1.22. The number of para-hydroxylation sites is 1.